The zero-order chi connectivity index (χ0) is 10.5. The van der Waals surface area contributed by atoms with Crippen molar-refractivity contribution in [1.29, 1.82) is 0 Å². The van der Waals surface area contributed by atoms with Crippen molar-refractivity contribution in [3.05, 3.63) is 12.7 Å². The molecule has 0 aromatic heterocycles. The zero-order valence-electron chi connectivity index (χ0n) is 9.42. The Balaban J connectivity index is 0. The van der Waals surface area contributed by atoms with E-state index in [1.807, 2.05) is 21.1 Å². The van der Waals surface area contributed by atoms with Gasteiger partial charge in [0.25, 0.3) is 0 Å². The second-order valence-corrected chi connectivity index (χ2v) is 4.00. The number of ether oxygens (including phenoxy) is 1. The lowest BCUT2D eigenvalue weighted by Gasteiger charge is -2.32. The summed E-state index contributed by atoms with van der Waals surface area (Å²) in [6.45, 7) is 5.45. The summed E-state index contributed by atoms with van der Waals surface area (Å²) in [4.78, 5) is 11.0. The Labute approximate surface area is 92.7 Å². The Morgan fingerprint density at radius 2 is 2.00 bits per heavy atom. The molecular formula is C10H20ClNO2. The van der Waals surface area contributed by atoms with Crippen LogP contribution in [0.4, 0.5) is 0 Å². The molecule has 0 radical (unpaired) electrons. The van der Waals surface area contributed by atoms with Crippen LogP contribution >= 0.6 is 0 Å². The normalized spacial score (nSPS) is 12.6. The van der Waals surface area contributed by atoms with Gasteiger partial charge in [0.1, 0.15) is 0 Å². The van der Waals surface area contributed by atoms with Gasteiger partial charge in [-0.1, -0.05) is 13.5 Å². The van der Waals surface area contributed by atoms with Gasteiger partial charge in [0.15, 0.2) is 0 Å². The number of carbonyl (C=O) groups excluding carboxylic acids is 1. The monoisotopic (exact) mass is 221 g/mol. The van der Waals surface area contributed by atoms with Crippen molar-refractivity contribution in [2.45, 2.75) is 26.0 Å². The molecular weight excluding hydrogens is 202 g/mol. The first-order valence-electron chi connectivity index (χ1n) is 4.56. The topological polar surface area (TPSA) is 26.3 Å². The predicted octanol–water partition coefficient (Wildman–Crippen LogP) is -1.45. The molecule has 1 unspecified atom stereocenters. The van der Waals surface area contributed by atoms with Crippen molar-refractivity contribution in [2.75, 3.05) is 21.1 Å². The lowest BCUT2D eigenvalue weighted by atomic mass is 10.2. The summed E-state index contributed by atoms with van der Waals surface area (Å²) in [5, 5.41) is 0. The molecule has 0 spiro atoms. The molecule has 0 aliphatic carbocycles. The van der Waals surface area contributed by atoms with Crippen molar-refractivity contribution in [2.24, 2.45) is 0 Å². The number of nitrogens with zero attached hydrogens (tertiary/aromatic N) is 1. The van der Waals surface area contributed by atoms with E-state index >= 15 is 0 Å². The standard InChI is InChI=1S/C10H20NO2.ClH/c1-6-8-9(11(3,4)5)13-10(12)7-2;/h7,9H,2,6,8H2,1,3-5H3;1H/q+1;/p-1. The summed E-state index contributed by atoms with van der Waals surface area (Å²) in [6, 6.07) is 0. The van der Waals surface area contributed by atoms with E-state index in [-0.39, 0.29) is 24.6 Å². The molecule has 3 nitrogen and oxygen atoms in total. The molecule has 1 atom stereocenters. The summed E-state index contributed by atoms with van der Waals surface area (Å²) in [5.74, 6) is -0.341. The zero-order valence-corrected chi connectivity index (χ0v) is 10.2. The van der Waals surface area contributed by atoms with Gasteiger partial charge >= 0.3 is 5.97 Å². The minimum absolute atomic E-state index is 0. The first-order valence-corrected chi connectivity index (χ1v) is 4.56. The van der Waals surface area contributed by atoms with E-state index in [1.165, 1.54) is 6.08 Å². The largest absolute Gasteiger partial charge is 1.00 e. The van der Waals surface area contributed by atoms with E-state index in [0.29, 0.717) is 4.48 Å². The highest BCUT2D eigenvalue weighted by Gasteiger charge is 2.25. The molecule has 84 valence electrons. The Bertz CT molecular complexity index is 187. The van der Waals surface area contributed by atoms with Gasteiger partial charge in [0, 0.05) is 12.5 Å². The van der Waals surface area contributed by atoms with Gasteiger partial charge in [-0.2, -0.15) is 0 Å². The Kier molecular flexibility index (Phi) is 7.78. The first kappa shape index (κ1) is 15.9. The number of quaternary nitrogens is 1. The summed E-state index contributed by atoms with van der Waals surface area (Å²) < 4.78 is 5.85. The fourth-order valence-electron chi connectivity index (χ4n) is 1.03. The van der Waals surface area contributed by atoms with Crippen LogP contribution in [0.3, 0.4) is 0 Å². The summed E-state index contributed by atoms with van der Waals surface area (Å²) in [5.41, 5.74) is 0. The van der Waals surface area contributed by atoms with E-state index in [0.717, 1.165) is 12.8 Å². The van der Waals surface area contributed by atoms with Gasteiger partial charge in [0.2, 0.25) is 6.23 Å². The van der Waals surface area contributed by atoms with Crippen molar-refractivity contribution < 1.29 is 26.4 Å². The van der Waals surface area contributed by atoms with E-state index in [9.17, 15) is 4.79 Å². The summed E-state index contributed by atoms with van der Waals surface area (Å²) in [6.07, 6.45) is 3.02. The first-order chi connectivity index (χ1) is 5.91. The maximum Gasteiger partial charge on any atom is 0.334 e. The second kappa shape index (κ2) is 6.85. The number of hydrogen-bond donors (Lipinski definition) is 0. The molecule has 4 heteroatoms. The fourth-order valence-corrected chi connectivity index (χ4v) is 1.03. The molecule has 0 aromatic carbocycles. The lowest BCUT2D eigenvalue weighted by Crippen LogP contribution is -3.00. The lowest BCUT2D eigenvalue weighted by molar-refractivity contribution is -0.917. The highest BCUT2D eigenvalue weighted by Crippen LogP contribution is 2.11. The van der Waals surface area contributed by atoms with E-state index in [2.05, 4.69) is 13.5 Å². The van der Waals surface area contributed by atoms with Crippen LogP contribution in [0.2, 0.25) is 0 Å². The highest BCUT2D eigenvalue weighted by molar-refractivity contribution is 5.81. The van der Waals surface area contributed by atoms with Crippen LogP contribution < -0.4 is 12.4 Å². The smallest absolute Gasteiger partial charge is 0.334 e. The number of esters is 1. The molecule has 14 heavy (non-hydrogen) atoms. The second-order valence-electron chi connectivity index (χ2n) is 4.00. The third kappa shape index (κ3) is 6.00. The molecule has 0 N–H and O–H groups in total. The third-order valence-electron chi connectivity index (χ3n) is 1.82. The number of carbonyl (C=O) groups is 1. The minimum Gasteiger partial charge on any atom is -1.00 e. The average Bonchev–Trinajstić information content (AvgIpc) is 2.01. The van der Waals surface area contributed by atoms with Crippen LogP contribution in [0.1, 0.15) is 19.8 Å². The maximum absolute atomic E-state index is 11.0. The molecule has 0 amide bonds. The van der Waals surface area contributed by atoms with Gasteiger partial charge in [-0.15, -0.1) is 0 Å². The van der Waals surface area contributed by atoms with Gasteiger partial charge in [0.05, 0.1) is 21.1 Å². The van der Waals surface area contributed by atoms with Gasteiger partial charge in [-0.05, 0) is 6.42 Å². The van der Waals surface area contributed by atoms with Gasteiger partial charge in [-0.3, -0.25) is 4.48 Å². The van der Waals surface area contributed by atoms with Crippen molar-refractivity contribution in [1.82, 2.24) is 0 Å². The molecule has 0 saturated heterocycles. The fraction of sp³-hybridized carbons (Fsp3) is 0.700. The van der Waals surface area contributed by atoms with E-state index in [1.54, 1.807) is 0 Å². The summed E-state index contributed by atoms with van der Waals surface area (Å²) >= 11 is 0. The highest BCUT2D eigenvalue weighted by atomic mass is 35.5. The van der Waals surface area contributed by atoms with Crippen LogP contribution in [0.5, 0.6) is 0 Å². The van der Waals surface area contributed by atoms with E-state index in [4.69, 9.17) is 4.74 Å². The molecule has 0 rings (SSSR count). The molecule has 0 heterocycles. The molecule has 0 fully saturated rings. The maximum atomic E-state index is 11.0. The Morgan fingerprint density at radius 1 is 1.50 bits per heavy atom. The molecule has 0 aliphatic rings. The Morgan fingerprint density at radius 3 is 2.29 bits per heavy atom. The SMILES string of the molecule is C=CC(=O)OC(CCC)[N+](C)(C)C.[Cl-]. The van der Waals surface area contributed by atoms with Crippen molar-refractivity contribution in [3.63, 3.8) is 0 Å². The molecule has 0 saturated carbocycles. The Hall–Kier alpha value is -0.540. The number of rotatable bonds is 5. The van der Waals surface area contributed by atoms with Gasteiger partial charge < -0.3 is 17.1 Å². The third-order valence-corrected chi connectivity index (χ3v) is 1.82. The van der Waals surface area contributed by atoms with Crippen LogP contribution in [-0.2, 0) is 9.53 Å². The average molecular weight is 222 g/mol. The molecule has 0 aromatic rings. The van der Waals surface area contributed by atoms with Crippen molar-refractivity contribution >= 4 is 5.97 Å². The molecule has 0 aliphatic heterocycles. The predicted molar refractivity (Wildman–Crippen MR) is 53.0 cm³/mol. The van der Waals surface area contributed by atoms with Crippen LogP contribution in [0.15, 0.2) is 12.7 Å². The van der Waals surface area contributed by atoms with Crippen LogP contribution in [0.25, 0.3) is 0 Å². The quantitative estimate of drug-likeness (QED) is 0.246. The number of hydrogen-bond acceptors (Lipinski definition) is 2. The van der Waals surface area contributed by atoms with Crippen molar-refractivity contribution in [3.8, 4) is 0 Å². The van der Waals surface area contributed by atoms with Crippen LogP contribution in [0, 0.1) is 0 Å². The minimum atomic E-state index is -0.341. The van der Waals surface area contributed by atoms with Gasteiger partial charge in [-0.25, -0.2) is 4.79 Å². The van der Waals surface area contributed by atoms with Crippen LogP contribution in [-0.4, -0.2) is 37.8 Å². The van der Waals surface area contributed by atoms with E-state index < -0.39 is 0 Å². The molecule has 0 bridgehead atoms. The number of halogens is 1. The summed E-state index contributed by atoms with van der Waals surface area (Å²) in [7, 11) is 6.03.